The Morgan fingerprint density at radius 3 is 0.811 bits per heavy atom. The summed E-state index contributed by atoms with van der Waals surface area (Å²) in [5.74, 6) is -0.0217. The van der Waals surface area contributed by atoms with E-state index in [2.05, 4.69) is 219 Å². The minimum atomic E-state index is -3.01. The summed E-state index contributed by atoms with van der Waals surface area (Å²) in [6.07, 6.45) is 1.72. The molecular weight excluding hydrogens is 966 g/mol. The fraction of sp³-hybridized carbons (Fsp3) is 0.115. The molecule has 0 saturated heterocycles. The number of hydrogen-bond acceptors (Lipinski definition) is 7. The second-order valence-corrected chi connectivity index (χ2v) is 28.2. The van der Waals surface area contributed by atoms with Gasteiger partial charge in [-0.25, -0.2) is 31.3 Å². The number of fused-ring (bicyclic) bond motifs is 9. The first kappa shape index (κ1) is 48.5. The summed E-state index contributed by atoms with van der Waals surface area (Å²) >= 11 is 0. The van der Waals surface area contributed by atoms with Crippen molar-refractivity contribution in [2.75, 3.05) is 23.4 Å². The highest BCUT2D eigenvalue weighted by molar-refractivity contribution is 7.93. The van der Waals surface area contributed by atoms with Gasteiger partial charge in [0.25, 0.3) is 0 Å². The molecule has 3 aliphatic heterocycles. The van der Waals surface area contributed by atoms with Gasteiger partial charge in [-0.15, -0.1) is 0 Å². The van der Waals surface area contributed by atoms with Crippen LogP contribution in [0.15, 0.2) is 286 Å². The van der Waals surface area contributed by atoms with E-state index >= 15 is 0 Å². The van der Waals surface area contributed by atoms with Crippen molar-refractivity contribution in [2.45, 2.75) is 13.8 Å². The van der Waals surface area contributed by atoms with Crippen LogP contribution in [-0.2, 0) is 0 Å². The van der Waals surface area contributed by atoms with Crippen LogP contribution in [0.1, 0.15) is 13.8 Å². The van der Waals surface area contributed by atoms with Gasteiger partial charge < -0.3 is 20.2 Å². The summed E-state index contributed by atoms with van der Waals surface area (Å²) in [5, 5.41) is 54.1. The number of benzene rings is 9. The maximum Gasteiger partial charge on any atom is 0.127 e. The maximum absolute atomic E-state index is 5.75. The van der Waals surface area contributed by atoms with Crippen LogP contribution in [0, 0.1) is 11.3 Å². The molecule has 3 aliphatic rings. The van der Waals surface area contributed by atoms with E-state index in [1.165, 1.54) is 0 Å². The van der Waals surface area contributed by atoms with Gasteiger partial charge in [-0.2, -0.15) is 0 Å². The highest BCUT2D eigenvalue weighted by Gasteiger charge is 2.62. The Bertz CT molecular complexity index is 2930. The van der Waals surface area contributed by atoms with Gasteiger partial charge in [0.2, 0.25) is 0 Å². The lowest BCUT2D eigenvalue weighted by atomic mass is 9.82. The topological polar surface area (TPSA) is 120 Å². The Morgan fingerprint density at radius 2 is 0.581 bits per heavy atom. The van der Waals surface area contributed by atoms with Crippen molar-refractivity contribution in [1.82, 2.24) is 0 Å². The van der Waals surface area contributed by atoms with E-state index in [0.29, 0.717) is 35.5 Å². The molecule has 0 amide bonds. The summed E-state index contributed by atoms with van der Waals surface area (Å²) in [5.41, 5.74) is 3.84. The molecule has 3 heterocycles. The summed E-state index contributed by atoms with van der Waals surface area (Å²) in [6, 6.07) is 89.0. The molecule has 0 N–H and O–H groups in total. The number of hydrogen-bond donors (Lipinski definition) is 0. The zero-order valence-corrected chi connectivity index (χ0v) is 43.9. The molecule has 0 atom stereocenters. The molecule has 13 heteroatoms. The lowest BCUT2D eigenvalue weighted by Gasteiger charge is -2.47. The van der Waals surface area contributed by atoms with Crippen LogP contribution in [0.5, 0.6) is 0 Å². The molecule has 0 saturated carbocycles. The van der Waals surface area contributed by atoms with Crippen LogP contribution in [0.25, 0.3) is 15.6 Å². The van der Waals surface area contributed by atoms with Crippen molar-refractivity contribution in [3.63, 3.8) is 0 Å². The van der Waals surface area contributed by atoms with Crippen LogP contribution in [-0.4, -0.2) is 18.5 Å². The molecule has 0 spiro atoms. The average molecular weight is 1020 g/mol. The molecule has 0 aliphatic carbocycles. The van der Waals surface area contributed by atoms with Gasteiger partial charge in [0, 0.05) is 17.1 Å². The van der Waals surface area contributed by atoms with Crippen molar-refractivity contribution >= 4 is 88.2 Å². The zero-order valence-electron chi connectivity index (χ0n) is 41.3. The molecule has 9 aromatic carbocycles. The Morgan fingerprint density at radius 1 is 0.338 bits per heavy atom. The summed E-state index contributed by atoms with van der Waals surface area (Å²) in [4.78, 5) is 2.16. The highest BCUT2D eigenvalue weighted by atomic mass is 31.2. The first-order valence-corrected chi connectivity index (χ1v) is 30.6. The van der Waals surface area contributed by atoms with Gasteiger partial charge in [0.05, 0.1) is 23.9 Å². The quantitative estimate of drug-likeness (QED) is 0.145. The van der Waals surface area contributed by atoms with Crippen molar-refractivity contribution in [2.24, 2.45) is 42.3 Å². The molecule has 9 aromatic rings. The molecule has 74 heavy (non-hydrogen) atoms. The smallest absolute Gasteiger partial charge is 0.127 e. The molecule has 0 radical (unpaired) electrons. The van der Waals surface area contributed by atoms with Crippen molar-refractivity contribution in [1.29, 1.82) is 0 Å². The van der Waals surface area contributed by atoms with E-state index in [-0.39, 0.29) is 5.92 Å². The fourth-order valence-corrected chi connectivity index (χ4v) is 22.8. The largest absolute Gasteiger partial charge is 0.348 e. The molecule has 12 rings (SSSR count). The number of rotatable bonds is 7. The molecule has 0 fully saturated rings. The van der Waals surface area contributed by atoms with Crippen LogP contribution < -0.4 is 36.7 Å². The van der Waals surface area contributed by atoms with Crippen LogP contribution in [0.2, 0.25) is 0 Å². The lowest BCUT2D eigenvalue weighted by molar-refractivity contribution is 0.300. The van der Waals surface area contributed by atoms with E-state index in [4.69, 9.17) is 46.6 Å². The van der Waals surface area contributed by atoms with E-state index in [1.807, 2.05) is 54.6 Å². The summed E-state index contributed by atoms with van der Waals surface area (Å²) < 4.78 is 0. The Labute approximate surface area is 436 Å². The lowest BCUT2D eigenvalue weighted by Crippen LogP contribution is -2.48. The molecule has 0 unspecified atom stereocenters. The summed E-state index contributed by atoms with van der Waals surface area (Å²) in [7, 11) is -9.03. The van der Waals surface area contributed by atoms with E-state index in [9.17, 15) is 0 Å². The SMILES string of the molecule is CC(C)C12C[P+](c3ccccc3)(c3ccccc3)[N-]N=Nc3cccc(c3)N(c3cccc(c3)N=N[N-][P+](c3ccccc3)(c3ccccc3)C1)c1cccc(c1)N=N[N-][P+](c1ccccc1)(c1ccccc1)C2. The summed E-state index contributed by atoms with van der Waals surface area (Å²) in [6.45, 7) is 4.74. The van der Waals surface area contributed by atoms with Gasteiger partial charge >= 0.3 is 0 Å². The van der Waals surface area contributed by atoms with Crippen molar-refractivity contribution in [3.8, 4) is 0 Å². The van der Waals surface area contributed by atoms with E-state index < -0.39 is 27.7 Å². The van der Waals surface area contributed by atoms with E-state index in [0.717, 1.165) is 48.9 Å². The van der Waals surface area contributed by atoms with Gasteiger partial charge in [0.15, 0.2) is 0 Å². The molecule has 10 nitrogen and oxygen atoms in total. The second-order valence-electron chi connectivity index (χ2n) is 19.0. The monoisotopic (exact) mass is 1020 g/mol. The van der Waals surface area contributed by atoms with Crippen LogP contribution >= 0.6 is 22.2 Å². The van der Waals surface area contributed by atoms with Crippen molar-refractivity contribution < 1.29 is 0 Å². The van der Waals surface area contributed by atoms with Crippen LogP contribution in [0.4, 0.5) is 34.1 Å². The third kappa shape index (κ3) is 9.65. The molecule has 8 bridgehead atoms. The van der Waals surface area contributed by atoms with Crippen molar-refractivity contribution in [3.05, 3.63) is 270 Å². The Balaban J connectivity index is 1.32. The minimum absolute atomic E-state index is 0.0217. The first-order chi connectivity index (χ1) is 36.4. The Hall–Kier alpha value is -7.73. The van der Waals surface area contributed by atoms with Gasteiger partial charge in [-0.3, -0.25) is 0 Å². The first-order valence-electron chi connectivity index (χ1n) is 24.9. The average Bonchev–Trinajstić information content (AvgIpc) is 3.46. The molecule has 0 aromatic heterocycles. The van der Waals surface area contributed by atoms with Gasteiger partial charge in [0.1, 0.15) is 54.1 Å². The maximum atomic E-state index is 5.75. The van der Waals surface area contributed by atoms with Crippen LogP contribution in [0.3, 0.4) is 0 Å². The van der Waals surface area contributed by atoms with E-state index in [1.54, 1.807) is 0 Å². The number of nitrogens with zero attached hydrogens (tertiary/aromatic N) is 10. The minimum Gasteiger partial charge on any atom is -0.348 e. The van der Waals surface area contributed by atoms with Gasteiger partial charge in [-0.1, -0.05) is 159 Å². The zero-order chi connectivity index (χ0) is 50.3. The number of anilines is 3. The predicted octanol–water partition coefficient (Wildman–Crippen LogP) is 16.7. The predicted molar refractivity (Wildman–Crippen MR) is 314 cm³/mol. The molecule has 364 valence electrons. The Kier molecular flexibility index (Phi) is 14.0. The molecular formula is C61H55N10P3. The third-order valence-corrected chi connectivity index (χ3v) is 25.6. The highest BCUT2D eigenvalue weighted by Crippen LogP contribution is 2.76. The standard InChI is InChI=1S/C61H55N10P3/c1-48(2)61-45-72(55-30-9-3-10-31-55,56-32-11-4-12-33-56)68-65-62-49-24-21-27-52(42-49)71(53-28-22-25-50(43-53)63-66-69-73(46-61,57-34-13-5-14-35-57)58-36-15-6-16-37-58)54-29-23-26-51(44-54)64-67-70-74(47-61,59-38-17-7-18-39-59)60-40-19-8-20-41-60/h3-44,48H,45-47H2,1-2H3. The second kappa shape index (κ2) is 21.4. The van der Waals surface area contributed by atoms with Gasteiger partial charge in [-0.05, 0) is 132 Å². The third-order valence-electron chi connectivity index (χ3n) is 14.3. The normalized spacial score (nSPS) is 17.8. The fourth-order valence-electron chi connectivity index (χ4n) is 10.5.